The van der Waals surface area contributed by atoms with Gasteiger partial charge in [0.1, 0.15) is 23.4 Å². The van der Waals surface area contributed by atoms with Gasteiger partial charge in [-0.2, -0.15) is 5.26 Å². The molecule has 33 heavy (non-hydrogen) atoms. The molecule has 8 heteroatoms. The first-order valence-electron chi connectivity index (χ1n) is 10.5. The number of nitrogen functional groups attached to an aromatic ring is 1. The third-order valence-electron chi connectivity index (χ3n) is 5.63. The molecule has 0 aliphatic heterocycles. The van der Waals surface area contributed by atoms with Crippen molar-refractivity contribution in [1.82, 2.24) is 24.8 Å². The fourth-order valence-corrected chi connectivity index (χ4v) is 3.65. The van der Waals surface area contributed by atoms with Gasteiger partial charge in [0.15, 0.2) is 0 Å². The predicted molar refractivity (Wildman–Crippen MR) is 125 cm³/mol. The Hall–Kier alpha value is -4.38. The van der Waals surface area contributed by atoms with Crippen molar-refractivity contribution in [2.45, 2.75) is 33.4 Å². The highest BCUT2D eigenvalue weighted by Gasteiger charge is 2.26. The van der Waals surface area contributed by atoms with Gasteiger partial charge < -0.3 is 10.6 Å². The minimum absolute atomic E-state index is 0.171. The first-order valence-corrected chi connectivity index (χ1v) is 10.5. The molecule has 3 heterocycles. The smallest absolute Gasteiger partial charge is 0.254 e. The van der Waals surface area contributed by atoms with Crippen molar-refractivity contribution in [3.05, 3.63) is 88.8 Å². The Morgan fingerprint density at radius 3 is 2.58 bits per heavy atom. The minimum Gasteiger partial charge on any atom is -0.383 e. The summed E-state index contributed by atoms with van der Waals surface area (Å²) < 4.78 is 0. The van der Waals surface area contributed by atoms with Crippen LogP contribution in [0.1, 0.15) is 51.7 Å². The van der Waals surface area contributed by atoms with Gasteiger partial charge in [0.25, 0.3) is 5.91 Å². The number of carbonyl (C=O) groups excluding carboxylic acids is 1. The molecule has 0 saturated heterocycles. The first kappa shape index (κ1) is 21.8. The van der Waals surface area contributed by atoms with Gasteiger partial charge in [0.05, 0.1) is 11.6 Å². The second-order valence-electron chi connectivity index (χ2n) is 7.87. The number of amides is 1. The third kappa shape index (κ3) is 4.48. The average Bonchev–Trinajstić information content (AvgIpc) is 2.83. The summed E-state index contributed by atoms with van der Waals surface area (Å²) in [6.45, 7) is 5.91. The van der Waals surface area contributed by atoms with Crippen LogP contribution in [-0.2, 0) is 6.54 Å². The third-order valence-corrected chi connectivity index (χ3v) is 5.63. The summed E-state index contributed by atoms with van der Waals surface area (Å²) in [5.74, 6) is 0.841. The number of fused-ring (bicyclic) bond motifs is 1. The molecule has 1 amide bonds. The summed E-state index contributed by atoms with van der Waals surface area (Å²) >= 11 is 0. The van der Waals surface area contributed by atoms with E-state index in [-0.39, 0.29) is 5.91 Å². The minimum atomic E-state index is -0.393. The first-order chi connectivity index (χ1) is 15.9. The lowest BCUT2D eigenvalue weighted by molar-refractivity contribution is 0.0666. The highest BCUT2D eigenvalue weighted by Crippen LogP contribution is 2.25. The van der Waals surface area contributed by atoms with E-state index < -0.39 is 6.04 Å². The van der Waals surface area contributed by atoms with Crippen molar-refractivity contribution < 1.29 is 4.79 Å². The number of aromatic nitrogens is 4. The molecule has 0 radical (unpaired) electrons. The molecule has 0 aliphatic rings. The predicted octanol–water partition coefficient (Wildman–Crippen LogP) is 3.89. The van der Waals surface area contributed by atoms with Crippen molar-refractivity contribution in [2.75, 3.05) is 5.73 Å². The molecule has 2 N–H and O–H groups in total. The fraction of sp³-hybridized carbons (Fsp3) is 0.200. The molecule has 0 bridgehead atoms. The number of hydrogen-bond donors (Lipinski definition) is 1. The van der Waals surface area contributed by atoms with Gasteiger partial charge in [-0.15, -0.1) is 0 Å². The Morgan fingerprint density at radius 1 is 1.12 bits per heavy atom. The average molecular weight is 438 g/mol. The van der Waals surface area contributed by atoms with Crippen LogP contribution in [0.4, 0.5) is 5.82 Å². The molecule has 0 fully saturated rings. The number of hydrogen-bond acceptors (Lipinski definition) is 7. The van der Waals surface area contributed by atoms with Gasteiger partial charge in [-0.05, 0) is 68.3 Å². The lowest BCUT2D eigenvalue weighted by Crippen LogP contribution is -2.34. The van der Waals surface area contributed by atoms with Crippen LogP contribution in [0.15, 0.2) is 54.9 Å². The van der Waals surface area contributed by atoms with Crippen molar-refractivity contribution in [3.8, 4) is 6.07 Å². The van der Waals surface area contributed by atoms with E-state index in [0.717, 1.165) is 22.0 Å². The zero-order valence-electron chi connectivity index (χ0n) is 18.6. The largest absolute Gasteiger partial charge is 0.383 e. The number of pyridine rings is 2. The van der Waals surface area contributed by atoms with Crippen molar-refractivity contribution in [2.24, 2.45) is 0 Å². The second-order valence-corrected chi connectivity index (χ2v) is 7.87. The molecular weight excluding hydrogens is 414 g/mol. The quantitative estimate of drug-likeness (QED) is 0.502. The molecule has 8 nitrogen and oxygen atoms in total. The van der Waals surface area contributed by atoms with Gasteiger partial charge in [-0.3, -0.25) is 4.79 Å². The Kier molecular flexibility index (Phi) is 5.96. The van der Waals surface area contributed by atoms with E-state index in [1.165, 1.54) is 0 Å². The van der Waals surface area contributed by atoms with E-state index >= 15 is 0 Å². The molecule has 1 unspecified atom stereocenters. The van der Waals surface area contributed by atoms with Gasteiger partial charge in [-0.25, -0.2) is 19.9 Å². The molecule has 0 saturated carbocycles. The number of benzene rings is 1. The van der Waals surface area contributed by atoms with E-state index in [0.29, 0.717) is 35.1 Å². The number of anilines is 1. The topological polar surface area (TPSA) is 122 Å². The second kappa shape index (κ2) is 9.01. The van der Waals surface area contributed by atoms with Crippen LogP contribution in [0.25, 0.3) is 10.9 Å². The Morgan fingerprint density at radius 2 is 1.88 bits per heavy atom. The SMILES string of the molecule is Cc1cc2cc(C(=O)N(Cc3ccc(C#N)nc3C)C(C)c3ncccn3)ccc2nc1N. The lowest BCUT2D eigenvalue weighted by Gasteiger charge is -2.29. The zero-order valence-corrected chi connectivity index (χ0v) is 18.6. The van der Waals surface area contributed by atoms with Crippen LogP contribution < -0.4 is 5.73 Å². The van der Waals surface area contributed by atoms with Gasteiger partial charge >= 0.3 is 0 Å². The monoisotopic (exact) mass is 437 g/mol. The Bertz CT molecular complexity index is 1380. The summed E-state index contributed by atoms with van der Waals surface area (Å²) in [5.41, 5.74) is 9.92. The highest BCUT2D eigenvalue weighted by molar-refractivity contribution is 5.98. The van der Waals surface area contributed by atoms with Crippen LogP contribution >= 0.6 is 0 Å². The van der Waals surface area contributed by atoms with Gasteiger partial charge in [0, 0.05) is 35.6 Å². The molecule has 0 spiro atoms. The number of nitriles is 1. The summed E-state index contributed by atoms with van der Waals surface area (Å²) in [6.07, 6.45) is 3.32. The summed E-state index contributed by atoms with van der Waals surface area (Å²) in [5, 5.41) is 9.97. The van der Waals surface area contributed by atoms with E-state index in [1.54, 1.807) is 41.6 Å². The van der Waals surface area contributed by atoms with Crippen LogP contribution in [0.3, 0.4) is 0 Å². The van der Waals surface area contributed by atoms with Crippen LogP contribution in [-0.4, -0.2) is 30.7 Å². The van der Waals surface area contributed by atoms with E-state index in [2.05, 4.69) is 19.9 Å². The maximum Gasteiger partial charge on any atom is 0.254 e. The number of aryl methyl sites for hydroxylation is 2. The van der Waals surface area contributed by atoms with E-state index in [9.17, 15) is 4.79 Å². The molecule has 164 valence electrons. The molecule has 1 aromatic carbocycles. The van der Waals surface area contributed by atoms with Crippen molar-refractivity contribution in [3.63, 3.8) is 0 Å². The van der Waals surface area contributed by atoms with Crippen LogP contribution in [0, 0.1) is 25.2 Å². The number of nitrogens with two attached hydrogens (primary N) is 1. The summed E-state index contributed by atoms with van der Waals surface area (Å²) in [4.78, 5) is 32.9. The molecule has 0 aliphatic carbocycles. The Labute approximate surface area is 191 Å². The number of rotatable bonds is 5. The Balaban J connectivity index is 1.75. The van der Waals surface area contributed by atoms with Crippen LogP contribution in [0.2, 0.25) is 0 Å². The summed E-state index contributed by atoms with van der Waals surface area (Å²) in [7, 11) is 0. The van der Waals surface area contributed by atoms with Crippen molar-refractivity contribution >= 4 is 22.6 Å². The van der Waals surface area contributed by atoms with Gasteiger partial charge in [-0.1, -0.05) is 6.07 Å². The zero-order chi connectivity index (χ0) is 23.5. The fourth-order valence-electron chi connectivity index (χ4n) is 3.65. The molecule has 1 atom stereocenters. The summed E-state index contributed by atoms with van der Waals surface area (Å²) in [6, 6.07) is 14.2. The van der Waals surface area contributed by atoms with Crippen LogP contribution in [0.5, 0.6) is 0 Å². The highest BCUT2D eigenvalue weighted by atomic mass is 16.2. The van der Waals surface area contributed by atoms with E-state index in [1.807, 2.05) is 45.0 Å². The molecule has 4 rings (SSSR count). The van der Waals surface area contributed by atoms with Gasteiger partial charge in [0.2, 0.25) is 0 Å². The van der Waals surface area contributed by atoms with E-state index in [4.69, 9.17) is 11.0 Å². The molecular formula is C25H23N7O. The van der Waals surface area contributed by atoms with Crippen molar-refractivity contribution in [1.29, 1.82) is 5.26 Å². The maximum atomic E-state index is 13.7. The molecule has 4 aromatic rings. The maximum absolute atomic E-state index is 13.7. The number of nitrogens with zero attached hydrogens (tertiary/aromatic N) is 6. The number of carbonyl (C=O) groups is 1. The normalized spacial score (nSPS) is 11.7. The lowest BCUT2D eigenvalue weighted by atomic mass is 10.1. The standard InChI is InChI=1S/C25H23N7O/c1-15-11-20-12-18(6-8-22(20)31-23(15)27)25(33)32(17(3)24-28-9-4-10-29-24)14-19-5-7-21(13-26)30-16(19)2/h4-12,17H,14H2,1-3H3,(H2,27,31). The molecule has 3 aromatic heterocycles.